The molecule has 13 rings (SSSR count). The first-order chi connectivity index (χ1) is 48.4. The third-order valence-electron chi connectivity index (χ3n) is 19.2. The zero-order valence-electron chi connectivity index (χ0n) is 50.2. The molecular weight excluding hydrogens is 1530 g/mol. The minimum Gasteiger partial charge on any atom is -0.204 e. The van der Waals surface area contributed by atoms with Gasteiger partial charge >= 0.3 is 12.1 Å². The van der Waals surface area contributed by atoms with Crippen LogP contribution in [0, 0.1) is 180 Å². The predicted molar refractivity (Wildman–Crippen MR) is 294 cm³/mol. The molecule has 0 heterocycles. The van der Waals surface area contributed by atoms with Gasteiger partial charge in [0.2, 0.25) is 0 Å². The molecule has 0 saturated heterocycles. The van der Waals surface area contributed by atoms with Gasteiger partial charge in [-0.15, -0.1) is 19.1 Å². The molecule has 4 atom stereocenters. The fraction of sp³-hybridized carbons (Fsp3) is 0.182. The molecule has 548 valence electrons. The van der Waals surface area contributed by atoms with E-state index in [1.807, 2.05) is 0 Å². The van der Waals surface area contributed by atoms with E-state index in [0.717, 1.165) is 0 Å². The van der Waals surface area contributed by atoms with Gasteiger partial charge in [0.25, 0.3) is 0 Å². The first-order valence-corrected chi connectivity index (χ1v) is 33.8. The second-order valence-corrected chi connectivity index (χ2v) is 31.9. The Hall–Kier alpha value is -8.58. The van der Waals surface area contributed by atoms with Crippen molar-refractivity contribution in [3.63, 3.8) is 0 Å². The highest BCUT2D eigenvalue weighted by Gasteiger charge is 2.68. The zero-order valence-corrected chi connectivity index (χ0v) is 52.4. The van der Waals surface area contributed by atoms with Crippen LogP contribution in [0.1, 0.15) is 95.9 Å². The van der Waals surface area contributed by atoms with Crippen molar-refractivity contribution in [1.29, 1.82) is 0 Å². The molecule has 9 aromatic rings. The van der Waals surface area contributed by atoms with E-state index in [9.17, 15) is 35.1 Å². The Morgan fingerprint density at radius 1 is 0.260 bits per heavy atom. The van der Waals surface area contributed by atoms with E-state index < -0.39 is 357 Å². The van der Waals surface area contributed by atoms with E-state index in [-0.39, 0.29) is 0 Å². The highest BCUT2D eigenvalue weighted by molar-refractivity contribution is 7.65. The monoisotopic (exact) mass is 1560 g/mol. The van der Waals surface area contributed by atoms with Crippen molar-refractivity contribution < 1.29 is 158 Å². The van der Waals surface area contributed by atoms with Crippen molar-refractivity contribution in [3.8, 4) is 44.5 Å². The quantitative estimate of drug-likeness (QED) is 0.0421. The summed E-state index contributed by atoms with van der Waals surface area (Å²) in [5.41, 5.74) is -40.0. The molecule has 104 heavy (non-hydrogen) atoms. The van der Waals surface area contributed by atoms with Crippen molar-refractivity contribution in [2.24, 2.45) is 0 Å². The number of hydrogen-bond donors (Lipinski definition) is 0. The predicted octanol–water partition coefficient (Wildman–Crippen LogP) is 22.2. The smallest absolute Gasteiger partial charge is 0.204 e. The summed E-state index contributed by atoms with van der Waals surface area (Å²) >= 11 is -8.92. The Bertz CT molecular complexity index is 4780. The lowest BCUT2D eigenvalue weighted by molar-refractivity contribution is -0.291. The lowest BCUT2D eigenvalue weighted by Gasteiger charge is -2.57. The second kappa shape index (κ2) is 25.3. The molecule has 0 fully saturated rings. The Morgan fingerprint density at radius 3 is 0.692 bits per heavy atom. The van der Waals surface area contributed by atoms with Gasteiger partial charge in [0.15, 0.2) is 193 Å². The Morgan fingerprint density at radius 2 is 0.471 bits per heavy atom. The van der Waals surface area contributed by atoms with Crippen LogP contribution >= 0.6 is 7.92 Å². The Labute approximate surface area is 558 Å². The molecule has 38 heteroatoms. The number of hydrogen-bond acceptors (Lipinski definition) is 0. The van der Waals surface area contributed by atoms with E-state index in [0.29, 0.717) is 31.2 Å². The maximum Gasteiger partial charge on any atom is 0.458 e. The largest absolute Gasteiger partial charge is 0.458 e. The normalized spacial score (nSPS) is 16.7. The summed E-state index contributed by atoms with van der Waals surface area (Å²) in [5, 5.41) is -0.545. The first kappa shape index (κ1) is 75.1. The highest BCUT2D eigenvalue weighted by atomic mass is 31.1. The third-order valence-corrected chi connectivity index (χ3v) is 29.9. The van der Waals surface area contributed by atoms with Crippen molar-refractivity contribution in [3.05, 3.63) is 261 Å². The van der Waals surface area contributed by atoms with Crippen molar-refractivity contribution in [2.75, 3.05) is 12.3 Å². The molecule has 0 amide bonds. The van der Waals surface area contributed by atoms with Gasteiger partial charge in [-0.05, 0) is 59.4 Å². The summed E-state index contributed by atoms with van der Waals surface area (Å²) < 4.78 is 551. The molecule has 0 aromatic heterocycles. The topological polar surface area (TPSA) is 0 Å². The van der Waals surface area contributed by atoms with E-state index in [1.165, 1.54) is 0 Å². The molecule has 4 aliphatic rings. The number of fused-ring (bicyclic) bond motifs is 12. The summed E-state index contributed by atoms with van der Waals surface area (Å²) in [5.74, 6) is -98.0. The van der Waals surface area contributed by atoms with Crippen LogP contribution in [0.5, 0.6) is 0 Å². The summed E-state index contributed by atoms with van der Waals surface area (Å²) in [4.78, 5) is 0. The van der Waals surface area contributed by atoms with Gasteiger partial charge in [-0.25, -0.2) is 136 Å². The molecule has 4 unspecified atom stereocenters. The minimum absolute atomic E-state index is 0.359. The van der Waals surface area contributed by atoms with Gasteiger partial charge in [-0.1, -0.05) is 36.1 Å². The summed E-state index contributed by atoms with van der Waals surface area (Å²) in [6.45, 7) is 3.45. The van der Waals surface area contributed by atoms with Crippen LogP contribution in [0.4, 0.5) is 158 Å². The van der Waals surface area contributed by atoms with Crippen molar-refractivity contribution in [1.82, 2.24) is 0 Å². The van der Waals surface area contributed by atoms with Crippen LogP contribution in [-0.2, 0) is 5.92 Å². The number of rotatable bonds is 10. The van der Waals surface area contributed by atoms with Crippen LogP contribution < -0.4 is 5.30 Å². The SMILES string of the molecule is CCC[PH+](CCC)c1cc(F)c(F)c(C(F)(F)C(F)(F)F)c1F.Fc1cc2c(c(F)c1F)-c1c(F)c(F)c(F)c(F)c1[CH]2[Al-]([CH]1c2cc(F)c(F)c(F)c2-c2c(F)c(F)c(F)c(F)c21)([CH]1c2cc(F)c(F)c(F)c2-c2c(F)c(F)c(F)c(F)c21)[CH]1c2cc(F)c(F)c(F)c2-c2c(F)c(F)c(F)c(F)c21. The molecule has 0 aliphatic heterocycles. The molecular formula is C66H24AlF36P. The van der Waals surface area contributed by atoms with Crippen LogP contribution in [0.15, 0.2) is 30.3 Å². The molecule has 0 N–H and O–H groups in total. The maximum atomic E-state index is 17.7. The zero-order chi connectivity index (χ0) is 77.0. The average molecular weight is 1560 g/mol. The van der Waals surface area contributed by atoms with Crippen LogP contribution in [0.25, 0.3) is 44.5 Å². The number of halogens is 36. The molecule has 0 radical (unpaired) electrons. The van der Waals surface area contributed by atoms with Gasteiger partial charge in [-0.2, -0.15) is 22.0 Å². The summed E-state index contributed by atoms with van der Waals surface area (Å²) in [7, 11) is -1.90. The molecule has 4 aliphatic carbocycles. The Balaban J connectivity index is 0.000000379. The number of benzene rings is 9. The van der Waals surface area contributed by atoms with Gasteiger partial charge in [0, 0.05) is 58.5 Å². The highest BCUT2D eigenvalue weighted by Crippen LogP contribution is 2.74. The standard InChI is InChI=1S/C14H15F8P.4C13H2F7.Al/c1-3-5-23(6-4-2)9-7-8(15)11(16)10(12(9)17)13(18,19)14(20,21)22;4*14-5-2-3-1-4-7(6(3)10(17)9(5)16)11(18)13(20)12(19)8(4)15;/h7H,3-6H2,1-2H3;4*1-2H;/q;;;;;-1/p+1. The Kier molecular flexibility index (Phi) is 18.3. The maximum absolute atomic E-state index is 17.7. The van der Waals surface area contributed by atoms with Crippen LogP contribution in [-0.4, -0.2) is 31.6 Å². The van der Waals surface area contributed by atoms with E-state index in [4.69, 9.17) is 0 Å². The van der Waals surface area contributed by atoms with Gasteiger partial charge < -0.3 is 0 Å². The lowest BCUT2D eigenvalue weighted by Crippen LogP contribution is -2.59. The fourth-order valence-electron chi connectivity index (χ4n) is 15.6. The number of alkyl halides is 5. The van der Waals surface area contributed by atoms with Crippen LogP contribution in [0.2, 0.25) is 0 Å². The molecule has 0 spiro atoms. The summed E-state index contributed by atoms with van der Waals surface area (Å²) in [6, 6.07) is -1.96. The molecule has 0 bridgehead atoms. The van der Waals surface area contributed by atoms with E-state index >= 15 is 123 Å². The summed E-state index contributed by atoms with van der Waals surface area (Å²) in [6.07, 6.45) is -4.45. The molecule has 0 saturated carbocycles. The molecule has 0 nitrogen and oxygen atoms in total. The third kappa shape index (κ3) is 9.86. The van der Waals surface area contributed by atoms with Gasteiger partial charge in [0.05, 0.1) is 12.3 Å². The van der Waals surface area contributed by atoms with Crippen LogP contribution in [0.3, 0.4) is 0 Å². The fourth-order valence-corrected chi connectivity index (χ4v) is 27.8. The minimum atomic E-state index is -8.92. The lowest BCUT2D eigenvalue weighted by atomic mass is 10.0. The van der Waals surface area contributed by atoms with E-state index in [2.05, 4.69) is 0 Å². The van der Waals surface area contributed by atoms with Gasteiger partial charge in [0.1, 0.15) is 10.9 Å². The first-order valence-electron chi connectivity index (χ1n) is 29.2. The van der Waals surface area contributed by atoms with Gasteiger partial charge in [-0.3, -0.25) is 0 Å². The second-order valence-electron chi connectivity index (χ2n) is 24.1. The average Bonchev–Trinajstić information content (AvgIpc) is 1.47. The van der Waals surface area contributed by atoms with Crippen molar-refractivity contribution >= 4 is 26.3 Å². The van der Waals surface area contributed by atoms with Crippen molar-refractivity contribution in [2.45, 2.75) is 57.9 Å². The van der Waals surface area contributed by atoms with E-state index in [1.54, 1.807) is 13.8 Å². The molecule has 9 aromatic carbocycles.